The Balaban J connectivity index is 2.09. The standard InChI is InChI=1S/C11H8Cl2N2O2S/c12-8-1-6(2-9(14)10(8)13)11(16)17-4-7-3-15-5-18-7/h1-3,5H,4,14H2. The van der Waals surface area contributed by atoms with Crippen molar-refractivity contribution in [1.82, 2.24) is 4.98 Å². The monoisotopic (exact) mass is 302 g/mol. The summed E-state index contributed by atoms with van der Waals surface area (Å²) in [5.74, 6) is -0.506. The Kier molecular flexibility index (Phi) is 4.06. The zero-order chi connectivity index (χ0) is 13.1. The molecule has 4 nitrogen and oxygen atoms in total. The largest absolute Gasteiger partial charge is 0.456 e. The highest BCUT2D eigenvalue weighted by atomic mass is 35.5. The van der Waals surface area contributed by atoms with Crippen LogP contribution in [0.5, 0.6) is 0 Å². The van der Waals surface area contributed by atoms with Crippen molar-refractivity contribution in [2.24, 2.45) is 0 Å². The lowest BCUT2D eigenvalue weighted by atomic mass is 10.2. The first kappa shape index (κ1) is 13.1. The number of ether oxygens (including phenoxy) is 1. The molecule has 2 N–H and O–H groups in total. The second kappa shape index (κ2) is 5.56. The van der Waals surface area contributed by atoms with Gasteiger partial charge in [0, 0.05) is 6.20 Å². The number of benzene rings is 1. The normalized spacial score (nSPS) is 10.3. The summed E-state index contributed by atoms with van der Waals surface area (Å²) in [5, 5.41) is 0.456. The summed E-state index contributed by atoms with van der Waals surface area (Å²) in [7, 11) is 0. The minimum absolute atomic E-state index is 0.170. The van der Waals surface area contributed by atoms with Crippen LogP contribution in [0.15, 0.2) is 23.8 Å². The van der Waals surface area contributed by atoms with Crippen LogP contribution in [0.4, 0.5) is 5.69 Å². The number of thiazole rings is 1. The number of nitrogens with two attached hydrogens (primary N) is 1. The van der Waals surface area contributed by atoms with Crippen molar-refractivity contribution in [3.05, 3.63) is 44.3 Å². The van der Waals surface area contributed by atoms with Gasteiger partial charge in [-0.25, -0.2) is 4.79 Å². The molecule has 1 heterocycles. The minimum Gasteiger partial charge on any atom is -0.456 e. The maximum absolute atomic E-state index is 11.8. The molecule has 0 bridgehead atoms. The Morgan fingerprint density at radius 3 is 2.83 bits per heavy atom. The van der Waals surface area contributed by atoms with Gasteiger partial charge in [-0.1, -0.05) is 23.2 Å². The molecule has 0 unspecified atom stereocenters. The predicted molar refractivity (Wildman–Crippen MR) is 72.1 cm³/mol. The van der Waals surface area contributed by atoms with Gasteiger partial charge in [-0.05, 0) is 12.1 Å². The van der Waals surface area contributed by atoms with E-state index < -0.39 is 5.97 Å². The molecule has 0 saturated heterocycles. The van der Waals surface area contributed by atoms with Crippen LogP contribution in [0, 0.1) is 0 Å². The van der Waals surface area contributed by atoms with E-state index in [-0.39, 0.29) is 27.9 Å². The van der Waals surface area contributed by atoms with Gasteiger partial charge in [0.15, 0.2) is 0 Å². The fraction of sp³-hybridized carbons (Fsp3) is 0.0909. The minimum atomic E-state index is -0.506. The zero-order valence-electron chi connectivity index (χ0n) is 9.02. The number of anilines is 1. The lowest BCUT2D eigenvalue weighted by Gasteiger charge is -2.06. The van der Waals surface area contributed by atoms with Crippen molar-refractivity contribution in [1.29, 1.82) is 0 Å². The Labute approximate surface area is 117 Å². The molecule has 0 radical (unpaired) electrons. The fourth-order valence-corrected chi connectivity index (χ4v) is 2.10. The van der Waals surface area contributed by atoms with Crippen molar-refractivity contribution in [2.75, 3.05) is 5.73 Å². The number of nitrogens with zero attached hydrogens (tertiary/aromatic N) is 1. The van der Waals surface area contributed by atoms with Gasteiger partial charge in [-0.3, -0.25) is 4.98 Å². The van der Waals surface area contributed by atoms with Crippen molar-refractivity contribution in [3.63, 3.8) is 0 Å². The lowest BCUT2D eigenvalue weighted by Crippen LogP contribution is -2.05. The van der Waals surface area contributed by atoms with E-state index in [9.17, 15) is 4.79 Å². The Hall–Kier alpha value is -1.30. The number of esters is 1. The van der Waals surface area contributed by atoms with E-state index in [0.29, 0.717) is 0 Å². The molecule has 0 aliphatic rings. The molecule has 0 atom stereocenters. The maximum Gasteiger partial charge on any atom is 0.338 e. The first-order valence-electron chi connectivity index (χ1n) is 4.87. The van der Waals surface area contributed by atoms with Gasteiger partial charge in [-0.2, -0.15) is 0 Å². The number of halogens is 2. The highest BCUT2D eigenvalue weighted by Gasteiger charge is 2.12. The average Bonchev–Trinajstić information content (AvgIpc) is 2.85. The van der Waals surface area contributed by atoms with E-state index in [4.69, 9.17) is 33.7 Å². The zero-order valence-corrected chi connectivity index (χ0v) is 11.4. The lowest BCUT2D eigenvalue weighted by molar-refractivity contribution is 0.0476. The summed E-state index contributed by atoms with van der Waals surface area (Å²) in [6, 6.07) is 2.86. The van der Waals surface area contributed by atoms with Crippen LogP contribution in [0.3, 0.4) is 0 Å². The summed E-state index contributed by atoms with van der Waals surface area (Å²) >= 11 is 13.0. The van der Waals surface area contributed by atoms with E-state index >= 15 is 0 Å². The molecule has 1 aromatic carbocycles. The third kappa shape index (κ3) is 2.93. The van der Waals surface area contributed by atoms with Crippen LogP contribution in [-0.4, -0.2) is 11.0 Å². The Morgan fingerprint density at radius 2 is 2.22 bits per heavy atom. The molecule has 18 heavy (non-hydrogen) atoms. The van der Waals surface area contributed by atoms with Crippen molar-refractivity contribution < 1.29 is 9.53 Å². The molecule has 1 aromatic heterocycles. The molecule has 0 aliphatic heterocycles. The van der Waals surface area contributed by atoms with Crippen molar-refractivity contribution in [2.45, 2.75) is 6.61 Å². The van der Waals surface area contributed by atoms with Crippen molar-refractivity contribution in [3.8, 4) is 0 Å². The van der Waals surface area contributed by atoms with E-state index in [1.165, 1.54) is 23.5 Å². The topological polar surface area (TPSA) is 65.2 Å². The average molecular weight is 303 g/mol. The number of aromatic nitrogens is 1. The molecular weight excluding hydrogens is 295 g/mol. The van der Waals surface area contributed by atoms with Crippen LogP contribution >= 0.6 is 34.5 Å². The molecule has 2 rings (SSSR count). The molecule has 0 aliphatic carbocycles. The van der Waals surface area contributed by atoms with Gasteiger partial charge in [-0.15, -0.1) is 11.3 Å². The first-order valence-corrected chi connectivity index (χ1v) is 6.50. The quantitative estimate of drug-likeness (QED) is 0.697. The van der Waals surface area contributed by atoms with Gasteiger partial charge in [0.2, 0.25) is 0 Å². The van der Waals surface area contributed by atoms with Crippen LogP contribution in [0.2, 0.25) is 10.0 Å². The SMILES string of the molecule is Nc1cc(C(=O)OCc2cncs2)cc(Cl)c1Cl. The van der Waals surface area contributed by atoms with Gasteiger partial charge in [0.25, 0.3) is 0 Å². The molecule has 94 valence electrons. The summed E-state index contributed by atoms with van der Waals surface area (Å²) in [6.45, 7) is 0.170. The van der Waals surface area contributed by atoms with Gasteiger partial charge in [0.05, 0.1) is 31.7 Å². The molecule has 0 saturated carbocycles. The number of nitrogen functional groups attached to an aromatic ring is 1. The second-order valence-corrected chi connectivity index (χ2v) is 5.16. The van der Waals surface area contributed by atoms with Crippen molar-refractivity contribution >= 4 is 46.2 Å². The predicted octanol–water partition coefficient (Wildman–Crippen LogP) is 3.39. The van der Waals surface area contributed by atoms with Gasteiger partial charge < -0.3 is 10.5 Å². The van der Waals surface area contributed by atoms with E-state index in [1.807, 2.05) is 0 Å². The molecule has 2 aromatic rings. The third-order valence-corrected chi connectivity index (χ3v) is 3.69. The highest BCUT2D eigenvalue weighted by molar-refractivity contribution is 7.09. The molecule has 0 spiro atoms. The number of hydrogen-bond acceptors (Lipinski definition) is 5. The molecule has 0 amide bonds. The van der Waals surface area contributed by atoms with E-state index in [2.05, 4.69) is 4.98 Å². The molecular formula is C11H8Cl2N2O2S. The second-order valence-electron chi connectivity index (χ2n) is 3.41. The first-order chi connectivity index (χ1) is 8.58. The fourth-order valence-electron chi connectivity index (χ4n) is 1.26. The molecule has 0 fully saturated rings. The number of hydrogen-bond donors (Lipinski definition) is 1. The summed E-state index contributed by atoms with van der Waals surface area (Å²) in [6.07, 6.45) is 1.64. The van der Waals surface area contributed by atoms with Crippen LogP contribution in [-0.2, 0) is 11.3 Å². The summed E-state index contributed by atoms with van der Waals surface area (Å²) < 4.78 is 5.10. The molecule has 7 heteroatoms. The summed E-state index contributed by atoms with van der Waals surface area (Å²) in [4.78, 5) is 16.5. The Bertz CT molecular complexity index is 549. The van der Waals surface area contributed by atoms with E-state index in [1.54, 1.807) is 11.7 Å². The Morgan fingerprint density at radius 1 is 1.44 bits per heavy atom. The van der Waals surface area contributed by atoms with Crippen LogP contribution < -0.4 is 5.73 Å². The van der Waals surface area contributed by atoms with Gasteiger partial charge >= 0.3 is 5.97 Å². The van der Waals surface area contributed by atoms with E-state index in [0.717, 1.165) is 4.88 Å². The van der Waals surface area contributed by atoms with Crippen LogP contribution in [0.1, 0.15) is 15.2 Å². The number of rotatable bonds is 3. The maximum atomic E-state index is 11.8. The summed E-state index contributed by atoms with van der Waals surface area (Å²) in [5.41, 5.74) is 7.80. The highest BCUT2D eigenvalue weighted by Crippen LogP contribution is 2.29. The number of carbonyl (C=O) groups excluding carboxylic acids is 1. The third-order valence-electron chi connectivity index (χ3n) is 2.12. The smallest absolute Gasteiger partial charge is 0.338 e. The van der Waals surface area contributed by atoms with Crippen LogP contribution in [0.25, 0.3) is 0 Å². The van der Waals surface area contributed by atoms with Gasteiger partial charge in [0.1, 0.15) is 6.61 Å². The number of carbonyl (C=O) groups is 1.